The number of halogens is 2. The van der Waals surface area contributed by atoms with Gasteiger partial charge in [-0.3, -0.25) is 4.79 Å². The van der Waals surface area contributed by atoms with Gasteiger partial charge in [0.05, 0.1) is 5.56 Å². The van der Waals surface area contributed by atoms with Gasteiger partial charge in [0.15, 0.2) is 0 Å². The van der Waals surface area contributed by atoms with Crippen molar-refractivity contribution in [2.75, 3.05) is 32.7 Å². The minimum atomic E-state index is -0.462. The van der Waals surface area contributed by atoms with Gasteiger partial charge >= 0.3 is 0 Å². The van der Waals surface area contributed by atoms with Crippen LogP contribution in [0.25, 0.3) is 0 Å². The fourth-order valence-electron chi connectivity index (χ4n) is 2.32. The molecule has 0 atom stereocenters. The maximum absolute atomic E-state index is 13.8. The Hall–Kier alpha value is -0.940. The van der Waals surface area contributed by atoms with Crippen LogP contribution >= 0.6 is 15.9 Å². The summed E-state index contributed by atoms with van der Waals surface area (Å²) < 4.78 is 14.5. The van der Waals surface area contributed by atoms with Crippen LogP contribution in [0.5, 0.6) is 0 Å². The highest BCUT2D eigenvalue weighted by molar-refractivity contribution is 9.10. The Bertz CT molecular complexity index is 467. The molecule has 0 unspecified atom stereocenters. The molecule has 5 heteroatoms. The van der Waals surface area contributed by atoms with E-state index in [1.165, 1.54) is 6.07 Å². The first-order valence-electron chi connectivity index (χ1n) is 6.58. The van der Waals surface area contributed by atoms with Gasteiger partial charge in [-0.2, -0.15) is 0 Å². The summed E-state index contributed by atoms with van der Waals surface area (Å²) in [6, 6.07) is 4.58. The fraction of sp³-hybridized carbons (Fsp3) is 0.500. The van der Waals surface area contributed by atoms with Crippen LogP contribution < -0.4 is 0 Å². The maximum atomic E-state index is 13.8. The van der Waals surface area contributed by atoms with Crippen LogP contribution in [0.3, 0.4) is 0 Å². The van der Waals surface area contributed by atoms with E-state index in [9.17, 15) is 9.18 Å². The number of carbonyl (C=O) groups is 1. The minimum Gasteiger partial charge on any atom is -0.337 e. The second kappa shape index (κ2) is 6.48. The lowest BCUT2D eigenvalue weighted by molar-refractivity contribution is 0.0757. The number of carbonyl (C=O) groups excluding carboxylic acids is 1. The Morgan fingerprint density at radius 3 is 2.79 bits per heavy atom. The van der Waals surface area contributed by atoms with Gasteiger partial charge in [0, 0.05) is 24.1 Å². The van der Waals surface area contributed by atoms with Crippen molar-refractivity contribution >= 4 is 21.8 Å². The quantitative estimate of drug-likeness (QED) is 0.833. The van der Waals surface area contributed by atoms with Crippen LogP contribution in [0.2, 0.25) is 0 Å². The number of rotatable bonds is 2. The lowest BCUT2D eigenvalue weighted by atomic mass is 10.2. The maximum Gasteiger partial charge on any atom is 0.256 e. The molecule has 1 saturated heterocycles. The van der Waals surface area contributed by atoms with Crippen LogP contribution in [0.1, 0.15) is 23.7 Å². The summed E-state index contributed by atoms with van der Waals surface area (Å²) in [6.07, 6.45) is 0.942. The molecule has 3 nitrogen and oxygen atoms in total. The topological polar surface area (TPSA) is 23.6 Å². The van der Waals surface area contributed by atoms with Crippen molar-refractivity contribution in [3.63, 3.8) is 0 Å². The molecule has 1 aliphatic rings. The third-order valence-corrected chi connectivity index (χ3v) is 3.98. The molecule has 1 aliphatic heterocycles. The molecule has 1 fully saturated rings. The lowest BCUT2D eigenvalue weighted by Crippen LogP contribution is -2.35. The molecule has 0 radical (unpaired) electrons. The molecule has 1 aromatic rings. The van der Waals surface area contributed by atoms with Crippen molar-refractivity contribution in [2.45, 2.75) is 13.3 Å². The highest BCUT2D eigenvalue weighted by Gasteiger charge is 2.21. The largest absolute Gasteiger partial charge is 0.337 e. The number of nitrogens with zero attached hydrogens (tertiary/aromatic N) is 2. The molecule has 19 heavy (non-hydrogen) atoms. The first kappa shape index (κ1) is 14.5. The van der Waals surface area contributed by atoms with Gasteiger partial charge in [-0.25, -0.2) is 4.39 Å². The van der Waals surface area contributed by atoms with Crippen molar-refractivity contribution in [3.8, 4) is 0 Å². The summed E-state index contributed by atoms with van der Waals surface area (Å²) >= 11 is 3.20. The van der Waals surface area contributed by atoms with Crippen molar-refractivity contribution in [1.82, 2.24) is 9.80 Å². The Morgan fingerprint density at radius 2 is 2.11 bits per heavy atom. The Balaban J connectivity index is 2.10. The fourth-order valence-corrected chi connectivity index (χ4v) is 2.66. The van der Waals surface area contributed by atoms with Crippen LogP contribution in [0.15, 0.2) is 22.7 Å². The summed E-state index contributed by atoms with van der Waals surface area (Å²) in [4.78, 5) is 16.4. The zero-order valence-corrected chi connectivity index (χ0v) is 12.6. The van der Waals surface area contributed by atoms with E-state index in [1.54, 1.807) is 17.0 Å². The van der Waals surface area contributed by atoms with E-state index < -0.39 is 5.82 Å². The number of amides is 1. The Labute approximate surface area is 121 Å². The normalized spacial score (nSPS) is 17.3. The van der Waals surface area contributed by atoms with E-state index in [0.29, 0.717) is 17.6 Å². The predicted molar refractivity (Wildman–Crippen MR) is 76.7 cm³/mol. The summed E-state index contributed by atoms with van der Waals surface area (Å²) in [6.45, 7) is 6.34. The molecule has 0 saturated carbocycles. The van der Waals surface area contributed by atoms with Crippen LogP contribution in [0.4, 0.5) is 4.39 Å². The second-order valence-corrected chi connectivity index (χ2v) is 5.62. The lowest BCUT2D eigenvalue weighted by Gasteiger charge is -2.21. The standard InChI is InChI=1S/C14H18BrFN2O/c1-2-17-6-3-7-18(9-8-17)14(19)12-5-4-11(15)10-13(12)16/h4-5,10H,2-3,6-9H2,1H3. The van der Waals surface area contributed by atoms with Crippen LogP contribution in [-0.4, -0.2) is 48.4 Å². The van der Waals surface area contributed by atoms with Gasteiger partial charge in [-0.15, -0.1) is 0 Å². The summed E-state index contributed by atoms with van der Waals surface area (Å²) in [5.74, 6) is -0.668. The summed E-state index contributed by atoms with van der Waals surface area (Å²) in [7, 11) is 0. The first-order valence-corrected chi connectivity index (χ1v) is 7.37. The Morgan fingerprint density at radius 1 is 1.32 bits per heavy atom. The molecule has 1 aromatic carbocycles. The van der Waals surface area contributed by atoms with Crippen molar-refractivity contribution in [2.24, 2.45) is 0 Å². The average molecular weight is 329 g/mol. The predicted octanol–water partition coefficient (Wildman–Crippen LogP) is 2.76. The van der Waals surface area contributed by atoms with Crippen molar-refractivity contribution in [3.05, 3.63) is 34.1 Å². The first-order chi connectivity index (χ1) is 9.11. The van der Waals surface area contributed by atoms with E-state index >= 15 is 0 Å². The van der Waals surface area contributed by atoms with E-state index in [4.69, 9.17) is 0 Å². The van der Waals surface area contributed by atoms with Gasteiger partial charge in [0.25, 0.3) is 5.91 Å². The molecular weight excluding hydrogens is 311 g/mol. The molecule has 0 aliphatic carbocycles. The highest BCUT2D eigenvalue weighted by atomic mass is 79.9. The summed E-state index contributed by atoms with van der Waals surface area (Å²) in [5, 5.41) is 0. The molecular formula is C14H18BrFN2O. The van der Waals surface area contributed by atoms with E-state index in [-0.39, 0.29) is 11.5 Å². The van der Waals surface area contributed by atoms with Gasteiger partial charge in [0.1, 0.15) is 5.82 Å². The molecule has 1 amide bonds. The number of hydrogen-bond acceptors (Lipinski definition) is 2. The summed E-state index contributed by atoms with van der Waals surface area (Å²) in [5.41, 5.74) is 0.160. The zero-order valence-electron chi connectivity index (χ0n) is 11.0. The highest BCUT2D eigenvalue weighted by Crippen LogP contribution is 2.17. The second-order valence-electron chi connectivity index (χ2n) is 4.70. The molecule has 104 valence electrons. The molecule has 0 aromatic heterocycles. The van der Waals surface area contributed by atoms with Crippen molar-refractivity contribution in [1.29, 1.82) is 0 Å². The molecule has 1 heterocycles. The third kappa shape index (κ3) is 3.54. The average Bonchev–Trinajstić information content (AvgIpc) is 2.63. The third-order valence-electron chi connectivity index (χ3n) is 3.48. The van der Waals surface area contributed by atoms with Gasteiger partial charge in [-0.1, -0.05) is 22.9 Å². The van der Waals surface area contributed by atoms with E-state index in [0.717, 1.165) is 26.1 Å². The van der Waals surface area contributed by atoms with Gasteiger partial charge < -0.3 is 9.80 Å². The number of hydrogen-bond donors (Lipinski definition) is 0. The van der Waals surface area contributed by atoms with E-state index in [1.807, 2.05) is 0 Å². The molecule has 0 bridgehead atoms. The number of likely N-dealkylation sites (N-methyl/N-ethyl adjacent to an activating group) is 1. The number of benzene rings is 1. The van der Waals surface area contributed by atoms with Crippen LogP contribution in [0, 0.1) is 5.82 Å². The zero-order chi connectivity index (χ0) is 13.8. The van der Waals surface area contributed by atoms with Crippen molar-refractivity contribution < 1.29 is 9.18 Å². The monoisotopic (exact) mass is 328 g/mol. The smallest absolute Gasteiger partial charge is 0.256 e. The molecule has 0 N–H and O–H groups in total. The van der Waals surface area contributed by atoms with Gasteiger partial charge in [-0.05, 0) is 37.7 Å². The molecule has 0 spiro atoms. The Kier molecular flexibility index (Phi) is 4.93. The minimum absolute atomic E-state index is 0.160. The van der Waals surface area contributed by atoms with E-state index in [2.05, 4.69) is 27.8 Å². The van der Waals surface area contributed by atoms with Gasteiger partial charge in [0.2, 0.25) is 0 Å². The SMILES string of the molecule is CCN1CCCN(C(=O)c2ccc(Br)cc2F)CC1. The van der Waals surface area contributed by atoms with Crippen LogP contribution in [-0.2, 0) is 0 Å². The molecule has 2 rings (SSSR count).